The van der Waals surface area contributed by atoms with Crippen molar-refractivity contribution in [2.45, 2.75) is 50.3 Å². The molecule has 5 nitrogen and oxygen atoms in total. The molecule has 0 bridgehead atoms. The Kier molecular flexibility index (Phi) is 4.80. The predicted molar refractivity (Wildman–Crippen MR) is 75.9 cm³/mol. The van der Waals surface area contributed by atoms with Crippen LogP contribution in [-0.2, 0) is 21.4 Å². The maximum Gasteiger partial charge on any atom is 0.241 e. The van der Waals surface area contributed by atoms with E-state index in [9.17, 15) is 8.42 Å². The number of hydrogen-bond donors (Lipinski definition) is 2. The SMILES string of the molecule is CCOC1CC(NS(=O)(=O)c2cc(CO)ccc2C)C1. The zero-order valence-corrected chi connectivity index (χ0v) is 12.6. The van der Waals surface area contributed by atoms with E-state index in [-0.39, 0.29) is 23.6 Å². The van der Waals surface area contributed by atoms with Crippen molar-refractivity contribution in [1.29, 1.82) is 0 Å². The highest BCUT2D eigenvalue weighted by atomic mass is 32.2. The molecule has 0 atom stereocenters. The highest BCUT2D eigenvalue weighted by molar-refractivity contribution is 7.89. The highest BCUT2D eigenvalue weighted by Gasteiger charge is 2.33. The lowest BCUT2D eigenvalue weighted by Crippen LogP contribution is -2.47. The Morgan fingerprint density at radius 2 is 2.10 bits per heavy atom. The zero-order chi connectivity index (χ0) is 14.8. The Morgan fingerprint density at radius 1 is 1.40 bits per heavy atom. The van der Waals surface area contributed by atoms with Crippen LogP contribution in [0.3, 0.4) is 0 Å². The Labute approximate surface area is 120 Å². The van der Waals surface area contributed by atoms with E-state index in [0.717, 1.165) is 0 Å². The monoisotopic (exact) mass is 299 g/mol. The van der Waals surface area contributed by atoms with E-state index in [1.165, 1.54) is 6.07 Å². The molecule has 0 aromatic heterocycles. The maximum atomic E-state index is 12.4. The van der Waals surface area contributed by atoms with Gasteiger partial charge >= 0.3 is 0 Å². The quantitative estimate of drug-likeness (QED) is 0.831. The molecule has 2 N–H and O–H groups in total. The van der Waals surface area contributed by atoms with Crippen molar-refractivity contribution in [3.8, 4) is 0 Å². The number of nitrogens with one attached hydrogen (secondary N) is 1. The highest BCUT2D eigenvalue weighted by Crippen LogP contribution is 2.26. The minimum atomic E-state index is -3.54. The fourth-order valence-electron chi connectivity index (χ4n) is 2.35. The number of ether oxygens (including phenoxy) is 1. The number of aryl methyl sites for hydroxylation is 1. The summed E-state index contributed by atoms with van der Waals surface area (Å²) in [6.45, 7) is 4.17. The molecule has 0 saturated heterocycles. The van der Waals surface area contributed by atoms with Crippen LogP contribution < -0.4 is 4.72 Å². The van der Waals surface area contributed by atoms with E-state index < -0.39 is 10.0 Å². The van der Waals surface area contributed by atoms with Crippen LogP contribution in [0.2, 0.25) is 0 Å². The Balaban J connectivity index is 2.08. The van der Waals surface area contributed by atoms with Crippen LogP contribution in [0.4, 0.5) is 0 Å². The van der Waals surface area contributed by atoms with E-state index >= 15 is 0 Å². The first kappa shape index (κ1) is 15.4. The topological polar surface area (TPSA) is 75.6 Å². The van der Waals surface area contributed by atoms with Crippen molar-refractivity contribution < 1.29 is 18.3 Å². The van der Waals surface area contributed by atoms with Gasteiger partial charge in [0.25, 0.3) is 0 Å². The van der Waals surface area contributed by atoms with Gasteiger partial charge in [0.15, 0.2) is 0 Å². The number of rotatable bonds is 6. The van der Waals surface area contributed by atoms with Gasteiger partial charge in [0.1, 0.15) is 0 Å². The summed E-state index contributed by atoms with van der Waals surface area (Å²) in [5.41, 5.74) is 1.27. The number of hydrogen-bond acceptors (Lipinski definition) is 4. The normalized spacial score (nSPS) is 22.6. The molecule has 0 spiro atoms. The van der Waals surface area contributed by atoms with Gasteiger partial charge in [0.05, 0.1) is 17.6 Å². The molecule has 1 saturated carbocycles. The molecule has 1 aromatic carbocycles. The van der Waals surface area contributed by atoms with Crippen molar-refractivity contribution >= 4 is 10.0 Å². The third-order valence-corrected chi connectivity index (χ3v) is 5.21. The summed E-state index contributed by atoms with van der Waals surface area (Å²) in [4.78, 5) is 0.240. The lowest BCUT2D eigenvalue weighted by atomic mass is 9.90. The van der Waals surface area contributed by atoms with Crippen LogP contribution >= 0.6 is 0 Å². The summed E-state index contributed by atoms with van der Waals surface area (Å²) in [5.74, 6) is 0. The van der Waals surface area contributed by atoms with Gasteiger partial charge in [-0.25, -0.2) is 13.1 Å². The minimum Gasteiger partial charge on any atom is -0.392 e. The molecule has 0 heterocycles. The van der Waals surface area contributed by atoms with Crippen molar-refractivity contribution in [2.24, 2.45) is 0 Å². The van der Waals surface area contributed by atoms with Gasteiger partial charge in [0, 0.05) is 12.6 Å². The summed E-state index contributed by atoms with van der Waals surface area (Å²) in [6.07, 6.45) is 1.59. The average molecular weight is 299 g/mol. The molecule has 0 radical (unpaired) electrons. The largest absolute Gasteiger partial charge is 0.392 e. The van der Waals surface area contributed by atoms with Crippen LogP contribution in [0.1, 0.15) is 30.9 Å². The second-order valence-electron chi connectivity index (χ2n) is 5.12. The van der Waals surface area contributed by atoms with E-state index in [1.807, 2.05) is 6.92 Å². The summed E-state index contributed by atoms with van der Waals surface area (Å²) >= 11 is 0. The average Bonchev–Trinajstić information content (AvgIpc) is 2.36. The molecule has 20 heavy (non-hydrogen) atoms. The summed E-state index contributed by atoms with van der Waals surface area (Å²) in [6, 6.07) is 4.90. The third-order valence-electron chi connectivity index (χ3n) is 3.54. The Bertz CT molecular complexity index is 565. The third kappa shape index (κ3) is 3.38. The molecule has 0 amide bonds. The van der Waals surface area contributed by atoms with E-state index in [0.29, 0.717) is 30.6 Å². The van der Waals surface area contributed by atoms with Crippen molar-refractivity contribution in [2.75, 3.05) is 6.61 Å². The van der Waals surface area contributed by atoms with Crippen LogP contribution in [0.15, 0.2) is 23.1 Å². The number of benzene rings is 1. The van der Waals surface area contributed by atoms with Gasteiger partial charge in [-0.3, -0.25) is 0 Å². The second kappa shape index (κ2) is 6.22. The van der Waals surface area contributed by atoms with Gasteiger partial charge in [-0.2, -0.15) is 0 Å². The summed E-state index contributed by atoms with van der Waals surface area (Å²) in [7, 11) is -3.54. The number of sulfonamides is 1. The first-order chi connectivity index (χ1) is 9.46. The fourth-order valence-corrected chi connectivity index (χ4v) is 3.91. The molecule has 2 rings (SSSR count). The smallest absolute Gasteiger partial charge is 0.241 e. The van der Waals surface area contributed by atoms with Crippen molar-refractivity contribution in [1.82, 2.24) is 4.72 Å². The molecule has 1 aromatic rings. The van der Waals surface area contributed by atoms with Gasteiger partial charge in [-0.05, 0) is 43.9 Å². The molecule has 6 heteroatoms. The number of aliphatic hydroxyl groups excluding tert-OH is 1. The van der Waals surface area contributed by atoms with Gasteiger partial charge < -0.3 is 9.84 Å². The molecule has 1 fully saturated rings. The zero-order valence-electron chi connectivity index (χ0n) is 11.8. The molecular formula is C14H21NO4S. The predicted octanol–water partition coefficient (Wildman–Crippen LogP) is 1.33. The van der Waals surface area contributed by atoms with Crippen molar-refractivity contribution in [3.05, 3.63) is 29.3 Å². The van der Waals surface area contributed by atoms with E-state index in [4.69, 9.17) is 9.84 Å². The lowest BCUT2D eigenvalue weighted by Gasteiger charge is -2.35. The fraction of sp³-hybridized carbons (Fsp3) is 0.571. The number of aliphatic hydroxyl groups is 1. The van der Waals surface area contributed by atoms with Crippen molar-refractivity contribution in [3.63, 3.8) is 0 Å². The Morgan fingerprint density at radius 3 is 2.70 bits per heavy atom. The molecule has 0 unspecified atom stereocenters. The summed E-state index contributed by atoms with van der Waals surface area (Å²) in [5, 5.41) is 9.12. The summed E-state index contributed by atoms with van der Waals surface area (Å²) < 4.78 is 32.8. The molecule has 1 aliphatic carbocycles. The minimum absolute atomic E-state index is 0.0614. The van der Waals surface area contributed by atoms with Gasteiger partial charge in [-0.15, -0.1) is 0 Å². The maximum absolute atomic E-state index is 12.4. The van der Waals surface area contributed by atoms with Crippen LogP contribution in [-0.4, -0.2) is 32.3 Å². The van der Waals surface area contributed by atoms with Crippen LogP contribution in [0.5, 0.6) is 0 Å². The standard InChI is InChI=1S/C14H21NO4S/c1-3-19-13-7-12(8-13)15-20(17,18)14-6-11(9-16)5-4-10(14)2/h4-6,12-13,15-16H,3,7-9H2,1-2H3. The van der Waals surface area contributed by atoms with Crippen LogP contribution in [0, 0.1) is 6.92 Å². The van der Waals surface area contributed by atoms with Crippen LogP contribution in [0.25, 0.3) is 0 Å². The molecule has 0 aliphatic heterocycles. The van der Waals surface area contributed by atoms with Gasteiger partial charge in [-0.1, -0.05) is 12.1 Å². The van der Waals surface area contributed by atoms with Gasteiger partial charge in [0.2, 0.25) is 10.0 Å². The lowest BCUT2D eigenvalue weighted by molar-refractivity contribution is -0.00475. The molecule has 1 aliphatic rings. The van der Waals surface area contributed by atoms with E-state index in [2.05, 4.69) is 4.72 Å². The molecule has 112 valence electrons. The first-order valence-electron chi connectivity index (χ1n) is 6.80. The van der Waals surface area contributed by atoms with E-state index in [1.54, 1.807) is 19.1 Å². The first-order valence-corrected chi connectivity index (χ1v) is 8.29. The molecular weight excluding hydrogens is 278 g/mol. The Hall–Kier alpha value is -0.950. The second-order valence-corrected chi connectivity index (χ2v) is 6.81.